The normalized spacial score (nSPS) is 19.8. The second kappa shape index (κ2) is 6.60. The van der Waals surface area contributed by atoms with Crippen LogP contribution in [0.1, 0.15) is 57.6 Å². The molecule has 128 valence electrons. The molecule has 1 aliphatic heterocycles. The third-order valence-corrected chi connectivity index (χ3v) is 4.79. The van der Waals surface area contributed by atoms with Gasteiger partial charge in [-0.15, -0.1) is 0 Å². The topological polar surface area (TPSA) is 21.3 Å². The Kier molecular flexibility index (Phi) is 4.69. The zero-order chi connectivity index (χ0) is 17.2. The smallest absolute Gasteiger partial charge is 0.119 e. The van der Waals surface area contributed by atoms with Gasteiger partial charge in [-0.3, -0.25) is 0 Å². The van der Waals surface area contributed by atoms with Crippen LogP contribution in [0, 0.1) is 0 Å². The van der Waals surface area contributed by atoms with E-state index in [0.29, 0.717) is 12.5 Å². The lowest BCUT2D eigenvalue weighted by Crippen LogP contribution is -2.57. The molecule has 0 saturated carbocycles. The van der Waals surface area contributed by atoms with Crippen LogP contribution in [0.4, 0.5) is 0 Å². The molecule has 0 aromatic heterocycles. The Morgan fingerprint density at radius 2 is 1.46 bits per heavy atom. The number of hydrogen-bond donors (Lipinski definition) is 1. The summed E-state index contributed by atoms with van der Waals surface area (Å²) >= 11 is 0. The molecule has 2 aromatic carbocycles. The van der Waals surface area contributed by atoms with Gasteiger partial charge in [0.2, 0.25) is 0 Å². The van der Waals surface area contributed by atoms with Crippen LogP contribution in [-0.4, -0.2) is 11.1 Å². The highest BCUT2D eigenvalue weighted by molar-refractivity contribution is 5.31. The molecule has 2 aromatic rings. The van der Waals surface area contributed by atoms with Crippen molar-refractivity contribution >= 4 is 0 Å². The Labute approximate surface area is 146 Å². The summed E-state index contributed by atoms with van der Waals surface area (Å²) in [6.07, 6.45) is 2.33. The van der Waals surface area contributed by atoms with E-state index in [2.05, 4.69) is 69.4 Å². The van der Waals surface area contributed by atoms with E-state index in [9.17, 15) is 0 Å². The van der Waals surface area contributed by atoms with E-state index in [1.54, 1.807) is 0 Å². The van der Waals surface area contributed by atoms with E-state index < -0.39 is 0 Å². The Morgan fingerprint density at radius 1 is 0.875 bits per heavy atom. The van der Waals surface area contributed by atoms with Gasteiger partial charge in [0.05, 0.1) is 0 Å². The van der Waals surface area contributed by atoms with Crippen molar-refractivity contribution in [2.45, 2.75) is 64.1 Å². The lowest BCUT2D eigenvalue weighted by atomic mass is 9.73. The van der Waals surface area contributed by atoms with Crippen molar-refractivity contribution in [1.82, 2.24) is 5.32 Å². The molecule has 0 unspecified atom stereocenters. The SMILES string of the molecule is CC1(C)CC(c2ccc(OCc3ccccc3)cc2)CC(C)(C)N1. The van der Waals surface area contributed by atoms with Crippen LogP contribution in [0.5, 0.6) is 5.75 Å². The molecule has 1 saturated heterocycles. The van der Waals surface area contributed by atoms with Gasteiger partial charge in [0.1, 0.15) is 12.4 Å². The predicted molar refractivity (Wildman–Crippen MR) is 100 cm³/mol. The average Bonchev–Trinajstić information content (AvgIpc) is 2.51. The molecule has 0 amide bonds. The van der Waals surface area contributed by atoms with Gasteiger partial charge in [-0.2, -0.15) is 0 Å². The summed E-state index contributed by atoms with van der Waals surface area (Å²) in [5.41, 5.74) is 2.97. The van der Waals surface area contributed by atoms with Crippen molar-refractivity contribution in [3.05, 3.63) is 65.7 Å². The van der Waals surface area contributed by atoms with E-state index >= 15 is 0 Å². The molecule has 2 nitrogen and oxygen atoms in total. The zero-order valence-electron chi connectivity index (χ0n) is 15.3. The first-order chi connectivity index (χ1) is 11.3. The second-order valence-electron chi connectivity index (χ2n) is 8.34. The maximum absolute atomic E-state index is 5.90. The summed E-state index contributed by atoms with van der Waals surface area (Å²) in [6.45, 7) is 9.83. The molecule has 0 atom stereocenters. The number of ether oxygens (including phenoxy) is 1. The minimum Gasteiger partial charge on any atom is -0.489 e. The first kappa shape index (κ1) is 17.0. The first-order valence-electron chi connectivity index (χ1n) is 8.89. The van der Waals surface area contributed by atoms with Crippen LogP contribution in [0.25, 0.3) is 0 Å². The van der Waals surface area contributed by atoms with Gasteiger partial charge >= 0.3 is 0 Å². The molecule has 1 heterocycles. The molecule has 1 fully saturated rings. The standard InChI is InChI=1S/C22H29NO/c1-21(2)14-19(15-22(3,4)23-21)18-10-12-20(13-11-18)24-16-17-8-6-5-7-9-17/h5-13,19,23H,14-16H2,1-4H3. The van der Waals surface area contributed by atoms with Crippen LogP contribution in [0.15, 0.2) is 54.6 Å². The third-order valence-electron chi connectivity index (χ3n) is 4.79. The number of piperidine rings is 1. The summed E-state index contributed by atoms with van der Waals surface area (Å²) in [6, 6.07) is 19.0. The molecule has 0 radical (unpaired) electrons. The molecule has 2 heteroatoms. The Balaban J connectivity index is 1.66. The number of nitrogens with one attached hydrogen (secondary N) is 1. The minimum absolute atomic E-state index is 0.175. The summed E-state index contributed by atoms with van der Waals surface area (Å²) < 4.78 is 5.90. The van der Waals surface area contributed by atoms with Gasteiger partial charge in [-0.05, 0) is 69.7 Å². The van der Waals surface area contributed by atoms with Crippen LogP contribution < -0.4 is 10.1 Å². The predicted octanol–water partition coefficient (Wildman–Crippen LogP) is 5.29. The third kappa shape index (κ3) is 4.39. The van der Waals surface area contributed by atoms with E-state index in [4.69, 9.17) is 4.74 Å². The molecule has 1 aliphatic rings. The van der Waals surface area contributed by atoms with Gasteiger partial charge in [-0.25, -0.2) is 0 Å². The van der Waals surface area contributed by atoms with E-state index in [-0.39, 0.29) is 11.1 Å². The summed E-state index contributed by atoms with van der Waals surface area (Å²) in [7, 11) is 0. The van der Waals surface area contributed by atoms with Crippen LogP contribution >= 0.6 is 0 Å². The van der Waals surface area contributed by atoms with Gasteiger partial charge in [0, 0.05) is 11.1 Å². The molecule has 0 bridgehead atoms. The van der Waals surface area contributed by atoms with Crippen LogP contribution in [-0.2, 0) is 6.61 Å². The molecule has 1 N–H and O–H groups in total. The Hall–Kier alpha value is -1.80. The summed E-state index contributed by atoms with van der Waals surface area (Å²) in [4.78, 5) is 0. The maximum atomic E-state index is 5.90. The number of benzene rings is 2. The highest BCUT2D eigenvalue weighted by Crippen LogP contribution is 2.39. The van der Waals surface area contributed by atoms with Crippen molar-refractivity contribution in [1.29, 1.82) is 0 Å². The van der Waals surface area contributed by atoms with E-state index in [1.165, 1.54) is 24.0 Å². The quantitative estimate of drug-likeness (QED) is 0.825. The molecule has 0 spiro atoms. The fourth-order valence-corrected chi connectivity index (χ4v) is 4.14. The van der Waals surface area contributed by atoms with Crippen molar-refractivity contribution in [3.63, 3.8) is 0 Å². The molecule has 24 heavy (non-hydrogen) atoms. The highest BCUT2D eigenvalue weighted by atomic mass is 16.5. The fraction of sp³-hybridized carbons (Fsp3) is 0.455. The van der Waals surface area contributed by atoms with Crippen molar-refractivity contribution < 1.29 is 4.74 Å². The first-order valence-corrected chi connectivity index (χ1v) is 8.89. The van der Waals surface area contributed by atoms with E-state index in [1.807, 2.05) is 18.2 Å². The van der Waals surface area contributed by atoms with Crippen LogP contribution in [0.2, 0.25) is 0 Å². The molecular formula is C22H29NO. The largest absolute Gasteiger partial charge is 0.489 e. The van der Waals surface area contributed by atoms with E-state index in [0.717, 1.165) is 5.75 Å². The monoisotopic (exact) mass is 323 g/mol. The number of rotatable bonds is 4. The van der Waals surface area contributed by atoms with Crippen LogP contribution in [0.3, 0.4) is 0 Å². The van der Waals surface area contributed by atoms with Gasteiger partial charge in [-0.1, -0.05) is 42.5 Å². The molecule has 3 rings (SSSR count). The zero-order valence-corrected chi connectivity index (χ0v) is 15.3. The lowest BCUT2D eigenvalue weighted by Gasteiger charge is -2.46. The maximum Gasteiger partial charge on any atom is 0.119 e. The Morgan fingerprint density at radius 3 is 2.04 bits per heavy atom. The summed E-state index contributed by atoms with van der Waals surface area (Å²) in [5.74, 6) is 1.54. The van der Waals surface area contributed by atoms with Gasteiger partial charge in [0.15, 0.2) is 0 Å². The molecule has 0 aliphatic carbocycles. The summed E-state index contributed by atoms with van der Waals surface area (Å²) in [5, 5.41) is 3.76. The fourth-order valence-electron chi connectivity index (χ4n) is 4.14. The van der Waals surface area contributed by atoms with Crippen molar-refractivity contribution in [2.24, 2.45) is 0 Å². The highest BCUT2D eigenvalue weighted by Gasteiger charge is 2.38. The minimum atomic E-state index is 0.175. The van der Waals surface area contributed by atoms with Gasteiger partial charge in [0.25, 0.3) is 0 Å². The van der Waals surface area contributed by atoms with Crippen molar-refractivity contribution in [3.8, 4) is 5.75 Å². The Bertz CT molecular complexity index is 642. The number of hydrogen-bond acceptors (Lipinski definition) is 2. The lowest BCUT2D eigenvalue weighted by molar-refractivity contribution is 0.162. The van der Waals surface area contributed by atoms with Gasteiger partial charge < -0.3 is 10.1 Å². The van der Waals surface area contributed by atoms with Crippen molar-refractivity contribution in [2.75, 3.05) is 0 Å². The second-order valence-corrected chi connectivity index (χ2v) is 8.34. The average molecular weight is 323 g/mol. The molecular weight excluding hydrogens is 294 g/mol.